The monoisotopic (exact) mass is 1070 g/mol. The molecular formula is C53H32BBrF15P. The SMILES string of the molecule is Brc1ccccc1.Cc1ccccc1[P+](/C(=C/[B-](c1c(F)c(F)c(F)c(F)c1F)(c1c(F)c(F)c(F)c(F)c1F)c1c(F)c(F)c(F)c(F)c1F)c1ccccc1)(c1ccccc1C)c1ccccc1C. The minimum atomic E-state index is -6.12. The molecule has 0 aliphatic carbocycles. The summed E-state index contributed by atoms with van der Waals surface area (Å²) in [5.41, 5.74) is -7.28. The van der Waals surface area contributed by atoms with E-state index in [9.17, 15) is 13.2 Å². The van der Waals surface area contributed by atoms with Crippen molar-refractivity contribution in [1.29, 1.82) is 0 Å². The highest BCUT2D eigenvalue weighted by molar-refractivity contribution is 9.10. The van der Waals surface area contributed by atoms with Gasteiger partial charge in [-0.15, -0.1) is 16.4 Å². The minimum Gasteiger partial charge on any atom is -0.207 e. The Morgan fingerprint density at radius 2 is 0.577 bits per heavy atom. The Labute approximate surface area is 405 Å². The van der Waals surface area contributed by atoms with E-state index in [1.165, 1.54) is 66.7 Å². The molecular weight excluding hydrogens is 1040 g/mol. The van der Waals surface area contributed by atoms with Gasteiger partial charge in [-0.3, -0.25) is 0 Å². The van der Waals surface area contributed by atoms with Crippen LogP contribution in [0.1, 0.15) is 22.3 Å². The summed E-state index contributed by atoms with van der Waals surface area (Å²) in [6.07, 6.45) is -6.12. The molecule has 0 nitrogen and oxygen atoms in total. The van der Waals surface area contributed by atoms with E-state index in [2.05, 4.69) is 15.9 Å². The van der Waals surface area contributed by atoms with Gasteiger partial charge in [0, 0.05) is 10.0 Å². The lowest BCUT2D eigenvalue weighted by molar-refractivity contribution is 0.380. The fraction of sp³-hybridized carbons (Fsp3) is 0.0566. The van der Waals surface area contributed by atoms with Crippen molar-refractivity contribution in [3.05, 3.63) is 253 Å². The third-order valence-electron chi connectivity index (χ3n) is 12.1. The first-order valence-corrected chi connectivity index (χ1v) is 23.5. The molecule has 18 heteroatoms. The maximum atomic E-state index is 16.9. The Hall–Kier alpha value is -6.58. The van der Waals surface area contributed by atoms with Gasteiger partial charge in [-0.05, 0) is 67.8 Å². The molecule has 8 aromatic carbocycles. The van der Waals surface area contributed by atoms with Crippen molar-refractivity contribution in [2.45, 2.75) is 20.8 Å². The maximum absolute atomic E-state index is 16.9. The van der Waals surface area contributed by atoms with Crippen molar-refractivity contribution >= 4 is 67.0 Å². The molecule has 0 unspecified atom stereocenters. The third kappa shape index (κ3) is 8.74. The van der Waals surface area contributed by atoms with Crippen LogP contribution in [0.15, 0.2) is 144 Å². The summed E-state index contributed by atoms with van der Waals surface area (Å²) in [7, 11) is -4.29. The average molecular weight is 1080 g/mol. The first-order chi connectivity index (χ1) is 33.7. The summed E-state index contributed by atoms with van der Waals surface area (Å²) in [6, 6.07) is 35.0. The van der Waals surface area contributed by atoms with E-state index >= 15 is 52.7 Å². The fourth-order valence-electron chi connectivity index (χ4n) is 9.01. The van der Waals surface area contributed by atoms with Gasteiger partial charge in [0.1, 0.15) is 64.2 Å². The third-order valence-corrected chi connectivity index (χ3v) is 17.4. The molecule has 0 amide bonds. The minimum absolute atomic E-state index is 0.142. The molecule has 8 aromatic rings. The first-order valence-electron chi connectivity index (χ1n) is 21.0. The van der Waals surface area contributed by atoms with Crippen LogP contribution in [0.5, 0.6) is 0 Å². The van der Waals surface area contributed by atoms with Crippen molar-refractivity contribution in [2.24, 2.45) is 0 Å². The Kier molecular flexibility index (Phi) is 15.2. The Bertz CT molecular complexity index is 3020. The van der Waals surface area contributed by atoms with Gasteiger partial charge in [0.2, 0.25) is 0 Å². The molecule has 0 N–H and O–H groups in total. The Morgan fingerprint density at radius 3 is 0.831 bits per heavy atom. The zero-order valence-corrected chi connectivity index (χ0v) is 39.3. The van der Waals surface area contributed by atoms with Crippen LogP contribution in [0.2, 0.25) is 0 Å². The standard InChI is InChI=1S/C47H27BF15P.C6H5Br/c1-22-13-7-10-18-26(22)64(27-19-11-8-14-23(27)2,28-20-12-9-15-24(28)3)29(25-16-5-4-6-17-25)21-48(30-33(49)39(55)45(61)40(56)34(30)50,31-35(51)41(57)46(62)42(58)36(31)52)32-37(53)43(59)47(63)44(60)38(32)54;7-6-4-2-1-3-5-6/h4-21H,1-3H3;1-5H/b29-21+;. The molecule has 0 fully saturated rings. The van der Waals surface area contributed by atoms with Gasteiger partial charge >= 0.3 is 0 Å². The quantitative estimate of drug-likeness (QED) is 0.0444. The van der Waals surface area contributed by atoms with Gasteiger partial charge in [-0.1, -0.05) is 119 Å². The lowest BCUT2D eigenvalue weighted by Crippen LogP contribution is -2.72. The molecule has 0 heterocycles. The van der Waals surface area contributed by atoms with Crippen molar-refractivity contribution < 1.29 is 65.9 Å². The zero-order valence-electron chi connectivity index (χ0n) is 36.9. The average Bonchev–Trinajstić information content (AvgIpc) is 3.37. The zero-order chi connectivity index (χ0) is 51.9. The molecule has 0 aliphatic rings. The molecule has 0 aromatic heterocycles. The normalized spacial score (nSPS) is 12.0. The predicted molar refractivity (Wildman–Crippen MR) is 251 cm³/mol. The van der Waals surface area contributed by atoms with Crippen LogP contribution in [-0.4, -0.2) is 6.15 Å². The number of rotatable bonds is 9. The molecule has 0 bridgehead atoms. The molecule has 0 saturated carbocycles. The largest absolute Gasteiger partial charge is 0.207 e. The van der Waals surface area contributed by atoms with Gasteiger partial charge in [-0.25, -0.2) is 65.9 Å². The van der Waals surface area contributed by atoms with Gasteiger partial charge in [0.25, 0.3) is 0 Å². The summed E-state index contributed by atoms with van der Waals surface area (Å²) >= 11 is 3.31. The van der Waals surface area contributed by atoms with E-state index in [-0.39, 0.29) is 27.5 Å². The highest BCUT2D eigenvalue weighted by atomic mass is 79.9. The summed E-state index contributed by atoms with van der Waals surface area (Å²) in [6.45, 7) is 4.71. The second-order valence-corrected chi connectivity index (χ2v) is 20.3. The van der Waals surface area contributed by atoms with Crippen LogP contribution in [0.4, 0.5) is 65.9 Å². The van der Waals surface area contributed by atoms with Crippen LogP contribution in [-0.2, 0) is 0 Å². The van der Waals surface area contributed by atoms with Crippen LogP contribution >= 0.6 is 23.2 Å². The van der Waals surface area contributed by atoms with Gasteiger partial charge in [0.05, 0.1) is 5.31 Å². The van der Waals surface area contributed by atoms with Crippen molar-refractivity contribution in [1.82, 2.24) is 0 Å². The molecule has 0 radical (unpaired) electrons. The molecule has 0 atom stereocenters. The topological polar surface area (TPSA) is 0 Å². The number of hydrogen-bond donors (Lipinski definition) is 0. The van der Waals surface area contributed by atoms with E-state index in [1.54, 1.807) is 57.2 Å². The van der Waals surface area contributed by atoms with E-state index in [4.69, 9.17) is 0 Å². The predicted octanol–water partition coefficient (Wildman–Crippen LogP) is 13.2. The molecule has 0 aliphatic heterocycles. The summed E-state index contributed by atoms with van der Waals surface area (Å²) in [5.74, 6) is -45.8. The summed E-state index contributed by atoms with van der Waals surface area (Å²) < 4.78 is 242. The number of hydrogen-bond acceptors (Lipinski definition) is 0. The molecule has 0 saturated heterocycles. The highest BCUT2D eigenvalue weighted by Gasteiger charge is 2.55. The van der Waals surface area contributed by atoms with Gasteiger partial charge < -0.3 is 0 Å². The first kappa shape index (κ1) is 52.3. The van der Waals surface area contributed by atoms with Gasteiger partial charge in [-0.2, -0.15) is 5.98 Å². The van der Waals surface area contributed by atoms with Crippen LogP contribution in [0.25, 0.3) is 5.31 Å². The molecule has 0 spiro atoms. The van der Waals surface area contributed by atoms with Crippen LogP contribution in [0.3, 0.4) is 0 Å². The van der Waals surface area contributed by atoms with Crippen molar-refractivity contribution in [3.63, 3.8) is 0 Å². The Balaban J connectivity index is 0.000000973. The van der Waals surface area contributed by atoms with E-state index in [0.717, 1.165) is 4.47 Å². The number of benzene rings is 8. The molecule has 8 rings (SSSR count). The number of halogens is 16. The summed E-state index contributed by atoms with van der Waals surface area (Å²) in [5, 5.41) is 0.0877. The smallest absolute Gasteiger partial charge is 0.200 e. The van der Waals surface area contributed by atoms with E-state index < -0.39 is 122 Å². The van der Waals surface area contributed by atoms with E-state index in [0.29, 0.717) is 16.7 Å². The second kappa shape index (κ2) is 20.6. The van der Waals surface area contributed by atoms with Crippen molar-refractivity contribution in [2.75, 3.05) is 0 Å². The van der Waals surface area contributed by atoms with Gasteiger partial charge in [0.15, 0.2) is 52.4 Å². The van der Waals surface area contributed by atoms with Crippen molar-refractivity contribution in [3.8, 4) is 0 Å². The van der Waals surface area contributed by atoms with Crippen LogP contribution < -0.4 is 32.3 Å². The second-order valence-electron chi connectivity index (χ2n) is 16.1. The Morgan fingerprint density at radius 1 is 0.338 bits per heavy atom. The maximum Gasteiger partial charge on any atom is 0.200 e. The number of aryl methyl sites for hydroxylation is 3. The fourth-order valence-corrected chi connectivity index (χ4v) is 14.6. The summed E-state index contributed by atoms with van der Waals surface area (Å²) in [4.78, 5) is 0. The van der Waals surface area contributed by atoms with E-state index in [1.807, 2.05) is 30.3 Å². The lowest BCUT2D eigenvalue weighted by atomic mass is 9.15. The molecule has 364 valence electrons. The highest BCUT2D eigenvalue weighted by Crippen LogP contribution is 2.68. The lowest BCUT2D eigenvalue weighted by Gasteiger charge is -2.43. The molecule has 71 heavy (non-hydrogen) atoms. The van der Waals surface area contributed by atoms with Crippen LogP contribution in [0, 0.1) is 108 Å².